The van der Waals surface area contributed by atoms with Gasteiger partial charge in [0, 0.05) is 16.6 Å². The smallest absolute Gasteiger partial charge is 0.0582 e. The van der Waals surface area contributed by atoms with Gasteiger partial charge < -0.3 is 10.4 Å². The number of rotatable bonds is 4. The van der Waals surface area contributed by atoms with E-state index in [4.69, 9.17) is 5.11 Å². The minimum Gasteiger partial charge on any atom is -0.395 e. The molecule has 88 valence electrons. The molecule has 1 saturated carbocycles. The molecule has 1 aliphatic rings. The van der Waals surface area contributed by atoms with Crippen LogP contribution in [0.3, 0.4) is 0 Å². The van der Waals surface area contributed by atoms with Gasteiger partial charge in [-0.1, -0.05) is 34.1 Å². The Morgan fingerprint density at radius 3 is 2.75 bits per heavy atom. The SMILES string of the molecule is CC(CO)NC1CC(c2ccccc2Br)C1. The van der Waals surface area contributed by atoms with Crippen molar-refractivity contribution in [3.8, 4) is 0 Å². The highest BCUT2D eigenvalue weighted by molar-refractivity contribution is 9.10. The van der Waals surface area contributed by atoms with Gasteiger partial charge in [-0.15, -0.1) is 0 Å². The molecule has 0 aliphatic heterocycles. The maximum absolute atomic E-state index is 8.96. The maximum atomic E-state index is 8.96. The van der Waals surface area contributed by atoms with Crippen molar-refractivity contribution in [3.05, 3.63) is 34.3 Å². The summed E-state index contributed by atoms with van der Waals surface area (Å²) < 4.78 is 1.22. The van der Waals surface area contributed by atoms with Crippen LogP contribution in [0.2, 0.25) is 0 Å². The van der Waals surface area contributed by atoms with E-state index in [1.807, 2.05) is 6.92 Å². The van der Waals surface area contributed by atoms with Gasteiger partial charge >= 0.3 is 0 Å². The molecule has 1 aromatic rings. The molecule has 1 atom stereocenters. The fraction of sp³-hybridized carbons (Fsp3) is 0.538. The van der Waals surface area contributed by atoms with Crippen LogP contribution in [0.1, 0.15) is 31.2 Å². The Morgan fingerprint density at radius 1 is 1.44 bits per heavy atom. The minimum atomic E-state index is 0.213. The molecule has 0 spiro atoms. The van der Waals surface area contributed by atoms with Crippen molar-refractivity contribution in [1.29, 1.82) is 0 Å². The highest BCUT2D eigenvalue weighted by Gasteiger charge is 2.31. The van der Waals surface area contributed by atoms with Crippen LogP contribution in [0, 0.1) is 0 Å². The van der Waals surface area contributed by atoms with Crippen molar-refractivity contribution in [2.75, 3.05) is 6.61 Å². The highest BCUT2D eigenvalue weighted by Crippen LogP contribution is 2.40. The van der Waals surface area contributed by atoms with Gasteiger partial charge in [-0.05, 0) is 37.3 Å². The quantitative estimate of drug-likeness (QED) is 0.891. The van der Waals surface area contributed by atoms with E-state index in [0.717, 1.165) is 0 Å². The normalized spacial score (nSPS) is 26.2. The van der Waals surface area contributed by atoms with Crippen molar-refractivity contribution in [3.63, 3.8) is 0 Å². The summed E-state index contributed by atoms with van der Waals surface area (Å²) in [5.74, 6) is 0.666. The van der Waals surface area contributed by atoms with Crippen molar-refractivity contribution in [2.24, 2.45) is 0 Å². The molecule has 1 aromatic carbocycles. The molecule has 0 radical (unpaired) electrons. The molecule has 0 saturated heterocycles. The standard InChI is InChI=1S/C13H18BrNO/c1-9(8-16)15-11-6-10(7-11)12-4-2-3-5-13(12)14/h2-5,9-11,15-16H,6-8H2,1H3. The van der Waals surface area contributed by atoms with Crippen LogP contribution >= 0.6 is 15.9 Å². The zero-order valence-corrected chi connectivity index (χ0v) is 11.1. The zero-order valence-electron chi connectivity index (χ0n) is 9.49. The Kier molecular flexibility index (Phi) is 4.00. The number of hydrogen-bond donors (Lipinski definition) is 2. The van der Waals surface area contributed by atoms with Crippen LogP contribution < -0.4 is 5.32 Å². The van der Waals surface area contributed by atoms with Crippen molar-refractivity contribution < 1.29 is 5.11 Å². The van der Waals surface area contributed by atoms with E-state index in [2.05, 4.69) is 45.5 Å². The van der Waals surface area contributed by atoms with Gasteiger partial charge in [0.1, 0.15) is 0 Å². The lowest BCUT2D eigenvalue weighted by Crippen LogP contribution is -2.45. The Bertz CT molecular complexity index is 350. The first-order valence-electron chi connectivity index (χ1n) is 5.82. The Labute approximate surface area is 105 Å². The van der Waals surface area contributed by atoms with Gasteiger partial charge in [0.05, 0.1) is 6.61 Å². The van der Waals surface area contributed by atoms with Crippen molar-refractivity contribution in [2.45, 2.75) is 37.8 Å². The van der Waals surface area contributed by atoms with Gasteiger partial charge in [0.25, 0.3) is 0 Å². The summed E-state index contributed by atoms with van der Waals surface area (Å²) in [7, 11) is 0. The number of aliphatic hydroxyl groups is 1. The highest BCUT2D eigenvalue weighted by atomic mass is 79.9. The molecular weight excluding hydrogens is 266 g/mol. The first kappa shape index (κ1) is 12.1. The molecule has 3 heteroatoms. The molecule has 16 heavy (non-hydrogen) atoms. The molecule has 0 aromatic heterocycles. The largest absolute Gasteiger partial charge is 0.395 e. The average molecular weight is 284 g/mol. The summed E-state index contributed by atoms with van der Waals surface area (Å²) in [6.45, 7) is 2.24. The Hall–Kier alpha value is -0.380. The number of benzene rings is 1. The third-order valence-corrected chi connectivity index (χ3v) is 4.00. The van der Waals surface area contributed by atoms with Gasteiger partial charge in [-0.2, -0.15) is 0 Å². The lowest BCUT2D eigenvalue weighted by Gasteiger charge is -2.38. The number of halogens is 1. The van der Waals surface area contributed by atoms with E-state index in [1.54, 1.807) is 0 Å². The van der Waals surface area contributed by atoms with Crippen LogP contribution in [0.4, 0.5) is 0 Å². The number of nitrogens with one attached hydrogen (secondary N) is 1. The second kappa shape index (κ2) is 5.30. The van der Waals surface area contributed by atoms with Gasteiger partial charge in [-0.25, -0.2) is 0 Å². The third kappa shape index (κ3) is 2.65. The Morgan fingerprint density at radius 2 is 2.12 bits per heavy atom. The predicted molar refractivity (Wildman–Crippen MR) is 69.6 cm³/mol. The number of hydrogen-bond acceptors (Lipinski definition) is 2. The Balaban J connectivity index is 1.87. The van der Waals surface area contributed by atoms with Crippen LogP contribution in [0.25, 0.3) is 0 Å². The van der Waals surface area contributed by atoms with Gasteiger partial charge in [0.15, 0.2) is 0 Å². The maximum Gasteiger partial charge on any atom is 0.0582 e. The number of aliphatic hydroxyl groups excluding tert-OH is 1. The van der Waals surface area contributed by atoms with Crippen LogP contribution in [-0.2, 0) is 0 Å². The first-order chi connectivity index (χ1) is 7.70. The second-order valence-corrected chi connectivity index (χ2v) is 5.49. The van der Waals surface area contributed by atoms with E-state index in [0.29, 0.717) is 12.0 Å². The predicted octanol–water partition coefficient (Wildman–Crippen LogP) is 2.67. The van der Waals surface area contributed by atoms with Crippen LogP contribution in [0.5, 0.6) is 0 Å². The fourth-order valence-electron chi connectivity index (χ4n) is 2.27. The summed E-state index contributed by atoms with van der Waals surface area (Å²) >= 11 is 3.60. The molecule has 0 heterocycles. The fourth-order valence-corrected chi connectivity index (χ4v) is 2.88. The molecule has 2 nitrogen and oxygen atoms in total. The molecule has 2 N–H and O–H groups in total. The van der Waals surface area contributed by atoms with Gasteiger partial charge in [0.2, 0.25) is 0 Å². The van der Waals surface area contributed by atoms with E-state index < -0.39 is 0 Å². The lowest BCUT2D eigenvalue weighted by atomic mass is 9.75. The molecule has 1 aliphatic carbocycles. The molecule has 2 rings (SSSR count). The van der Waals surface area contributed by atoms with E-state index in [1.165, 1.54) is 22.9 Å². The van der Waals surface area contributed by atoms with Crippen LogP contribution in [-0.4, -0.2) is 23.8 Å². The molecule has 0 amide bonds. The summed E-state index contributed by atoms with van der Waals surface area (Å²) in [4.78, 5) is 0. The summed E-state index contributed by atoms with van der Waals surface area (Å²) in [6, 6.07) is 9.23. The molecule has 1 fully saturated rings. The summed E-state index contributed by atoms with van der Waals surface area (Å²) in [6.07, 6.45) is 2.35. The molecule has 0 bridgehead atoms. The average Bonchev–Trinajstić information content (AvgIpc) is 2.24. The van der Waals surface area contributed by atoms with E-state index >= 15 is 0 Å². The molecular formula is C13H18BrNO. The van der Waals surface area contributed by atoms with Gasteiger partial charge in [-0.3, -0.25) is 0 Å². The second-order valence-electron chi connectivity index (χ2n) is 4.64. The summed E-state index contributed by atoms with van der Waals surface area (Å²) in [5.41, 5.74) is 1.41. The van der Waals surface area contributed by atoms with Crippen molar-refractivity contribution in [1.82, 2.24) is 5.32 Å². The first-order valence-corrected chi connectivity index (χ1v) is 6.61. The monoisotopic (exact) mass is 283 g/mol. The van der Waals surface area contributed by atoms with Crippen molar-refractivity contribution >= 4 is 15.9 Å². The third-order valence-electron chi connectivity index (χ3n) is 3.28. The summed E-state index contributed by atoms with van der Waals surface area (Å²) in [5, 5.41) is 12.4. The van der Waals surface area contributed by atoms with Crippen LogP contribution in [0.15, 0.2) is 28.7 Å². The lowest BCUT2D eigenvalue weighted by molar-refractivity contribution is 0.204. The topological polar surface area (TPSA) is 32.3 Å². The zero-order chi connectivity index (χ0) is 11.5. The van der Waals surface area contributed by atoms with E-state index in [-0.39, 0.29) is 12.6 Å². The molecule has 1 unspecified atom stereocenters. The minimum absolute atomic E-state index is 0.213. The van der Waals surface area contributed by atoms with E-state index in [9.17, 15) is 0 Å².